The summed E-state index contributed by atoms with van der Waals surface area (Å²) in [6.45, 7) is 4.93. The normalized spacial score (nSPS) is 11.3. The van der Waals surface area contributed by atoms with Crippen molar-refractivity contribution in [1.29, 1.82) is 0 Å². The Hall–Kier alpha value is -3.47. The number of hydrogen-bond acceptors (Lipinski definition) is 3. The van der Waals surface area contributed by atoms with E-state index in [0.29, 0.717) is 22.0 Å². The maximum absolute atomic E-state index is 13.7. The molecule has 4 aromatic carbocycles. The minimum absolute atomic E-state index is 0. The first-order valence-corrected chi connectivity index (χ1v) is 11.1. The number of rotatable bonds is 3. The third-order valence-electron chi connectivity index (χ3n) is 5.73. The van der Waals surface area contributed by atoms with E-state index in [-0.39, 0.29) is 37.2 Å². The van der Waals surface area contributed by atoms with Gasteiger partial charge in [0.25, 0.3) is 6.43 Å². The smallest absolute Gasteiger partial charge is 0.251 e. The molecule has 0 aliphatic rings. The number of alkyl halides is 2. The molecule has 6 heteroatoms. The van der Waals surface area contributed by atoms with E-state index in [1.807, 2.05) is 30.3 Å². The second-order valence-electron chi connectivity index (χ2n) is 8.37. The van der Waals surface area contributed by atoms with Crippen LogP contribution in [0.25, 0.3) is 43.6 Å². The molecular weight excluding hydrogens is 637 g/mol. The molecular formula is C30H24F2IrNO2-. The van der Waals surface area contributed by atoms with Crippen molar-refractivity contribution < 1.29 is 38.8 Å². The summed E-state index contributed by atoms with van der Waals surface area (Å²) in [6.07, 6.45) is 0.349. The number of aromatic nitrogens is 1. The fraction of sp³-hybridized carbons (Fsp3) is 0.133. The summed E-state index contributed by atoms with van der Waals surface area (Å²) in [4.78, 5) is 14.6. The first-order valence-electron chi connectivity index (χ1n) is 11.1. The van der Waals surface area contributed by atoms with Crippen molar-refractivity contribution in [3.05, 3.63) is 102 Å². The minimum atomic E-state index is -2.56. The van der Waals surface area contributed by atoms with Crippen molar-refractivity contribution in [1.82, 2.24) is 4.98 Å². The molecule has 0 fully saturated rings. The van der Waals surface area contributed by atoms with Crippen molar-refractivity contribution in [3.8, 4) is 11.3 Å². The molecule has 5 rings (SSSR count). The summed E-state index contributed by atoms with van der Waals surface area (Å²) in [7, 11) is 0. The number of fused-ring (bicyclic) bond motifs is 4. The summed E-state index contributed by atoms with van der Waals surface area (Å²) < 4.78 is 27.5. The topological polar surface area (TPSA) is 50.2 Å². The number of benzene rings is 4. The maximum Gasteiger partial charge on any atom is 0.251 e. The van der Waals surface area contributed by atoms with Crippen LogP contribution in [0.15, 0.2) is 84.8 Å². The van der Waals surface area contributed by atoms with Crippen LogP contribution in [0.4, 0.5) is 8.78 Å². The van der Waals surface area contributed by atoms with Gasteiger partial charge in [-0.05, 0) is 59.5 Å². The average molecular weight is 661 g/mol. The number of hydrogen-bond donors (Lipinski definition) is 1. The molecule has 0 aliphatic heterocycles. The monoisotopic (exact) mass is 661 g/mol. The summed E-state index contributed by atoms with van der Waals surface area (Å²) in [5.74, 6) is -0.0625. The molecule has 36 heavy (non-hydrogen) atoms. The number of aliphatic hydroxyl groups is 1. The molecule has 1 aromatic heterocycles. The Morgan fingerprint density at radius 2 is 1.58 bits per heavy atom. The number of pyridine rings is 1. The van der Waals surface area contributed by atoms with E-state index in [0.717, 1.165) is 16.2 Å². The molecule has 185 valence electrons. The van der Waals surface area contributed by atoms with Gasteiger partial charge in [0, 0.05) is 38.1 Å². The first-order chi connectivity index (χ1) is 16.8. The van der Waals surface area contributed by atoms with Crippen LogP contribution in [0.5, 0.6) is 0 Å². The van der Waals surface area contributed by atoms with Crippen LogP contribution in [0.3, 0.4) is 0 Å². The molecule has 0 spiro atoms. The van der Waals surface area contributed by atoms with Gasteiger partial charge in [0.15, 0.2) is 5.78 Å². The van der Waals surface area contributed by atoms with Gasteiger partial charge in [-0.1, -0.05) is 59.5 Å². The van der Waals surface area contributed by atoms with Gasteiger partial charge < -0.3 is 5.11 Å². The molecule has 3 nitrogen and oxygen atoms in total. The van der Waals surface area contributed by atoms with Crippen molar-refractivity contribution in [2.24, 2.45) is 0 Å². The molecule has 1 heterocycles. The number of aliphatic hydroxyl groups excluding tert-OH is 1. The molecule has 0 saturated heterocycles. The van der Waals surface area contributed by atoms with Crippen LogP contribution in [0.1, 0.15) is 31.4 Å². The number of allylic oxidation sites excluding steroid dienone is 2. The SMILES string of the molecule is CC(=O)/C=C(/C)O.Cc1cccc2c1ccc1c(-c3[c-]c4ccccc4c(C(F)F)c3)nccc12.[Ir]. The molecule has 0 aliphatic carbocycles. The van der Waals surface area contributed by atoms with Crippen LogP contribution in [-0.4, -0.2) is 15.9 Å². The number of ketones is 1. The van der Waals surface area contributed by atoms with Crippen LogP contribution in [-0.2, 0) is 24.9 Å². The van der Waals surface area contributed by atoms with E-state index in [4.69, 9.17) is 5.11 Å². The Labute approximate surface area is 221 Å². The van der Waals surface area contributed by atoms with Crippen molar-refractivity contribution in [3.63, 3.8) is 0 Å². The number of aryl methyl sites for hydroxylation is 1. The zero-order valence-corrected chi connectivity index (χ0v) is 22.4. The maximum atomic E-state index is 13.7. The molecule has 1 N–H and O–H groups in total. The number of nitrogens with zero attached hydrogens (tertiary/aromatic N) is 1. The Morgan fingerprint density at radius 1 is 0.917 bits per heavy atom. The Bertz CT molecular complexity index is 1590. The zero-order chi connectivity index (χ0) is 25.1. The Balaban J connectivity index is 0.000000400. The molecule has 0 amide bonds. The third-order valence-corrected chi connectivity index (χ3v) is 5.73. The number of halogens is 2. The summed E-state index contributed by atoms with van der Waals surface area (Å²) in [5, 5.41) is 13.9. The summed E-state index contributed by atoms with van der Waals surface area (Å²) >= 11 is 0. The standard InChI is InChI=1S/C25H16F2N.C5H8O2.Ir/c1-15-5-4-8-20-18(15)9-10-22-21(20)11-12-28-24(22)17-13-16-6-2-3-7-19(16)23(14-17)25(26)27;1-4(6)3-5(2)7;/h2-12,14,25H,1H3;3,6H,1-2H3;/q-1;;/b;4-3-;. The summed E-state index contributed by atoms with van der Waals surface area (Å²) in [6, 6.07) is 24.2. The molecule has 0 atom stereocenters. The average Bonchev–Trinajstić information content (AvgIpc) is 2.82. The summed E-state index contributed by atoms with van der Waals surface area (Å²) in [5.41, 5.74) is 2.48. The Kier molecular flexibility index (Phi) is 8.67. The van der Waals surface area contributed by atoms with Crippen molar-refractivity contribution in [2.75, 3.05) is 0 Å². The van der Waals surface area contributed by atoms with Crippen molar-refractivity contribution in [2.45, 2.75) is 27.2 Å². The van der Waals surface area contributed by atoms with Gasteiger partial charge in [0.1, 0.15) is 0 Å². The molecule has 5 aromatic rings. The molecule has 1 radical (unpaired) electrons. The number of carbonyl (C=O) groups excluding carboxylic acids is 1. The van der Waals surface area contributed by atoms with Crippen LogP contribution in [0, 0.1) is 13.0 Å². The largest absolute Gasteiger partial charge is 0.512 e. The van der Waals surface area contributed by atoms with Crippen LogP contribution >= 0.6 is 0 Å². The predicted octanol–water partition coefficient (Wildman–Crippen LogP) is 8.29. The van der Waals surface area contributed by atoms with Gasteiger partial charge in [-0.2, -0.15) is 0 Å². The van der Waals surface area contributed by atoms with E-state index >= 15 is 0 Å². The fourth-order valence-electron chi connectivity index (χ4n) is 4.26. The second-order valence-corrected chi connectivity index (χ2v) is 8.37. The van der Waals surface area contributed by atoms with E-state index < -0.39 is 6.43 Å². The fourth-order valence-corrected chi connectivity index (χ4v) is 4.26. The second kappa shape index (κ2) is 11.5. The van der Waals surface area contributed by atoms with Crippen LogP contribution in [0.2, 0.25) is 0 Å². The van der Waals surface area contributed by atoms with E-state index in [9.17, 15) is 13.6 Å². The zero-order valence-electron chi connectivity index (χ0n) is 20.0. The molecule has 0 unspecified atom stereocenters. The predicted molar refractivity (Wildman–Crippen MR) is 138 cm³/mol. The molecule has 0 saturated carbocycles. The van der Waals surface area contributed by atoms with Gasteiger partial charge in [-0.3, -0.25) is 9.78 Å². The van der Waals surface area contributed by atoms with Crippen LogP contribution < -0.4 is 0 Å². The van der Waals surface area contributed by atoms with E-state index in [1.165, 1.54) is 36.9 Å². The van der Waals surface area contributed by atoms with Crippen molar-refractivity contribution >= 4 is 38.1 Å². The van der Waals surface area contributed by atoms with Gasteiger partial charge in [0.2, 0.25) is 0 Å². The number of carbonyl (C=O) groups is 1. The van der Waals surface area contributed by atoms with Gasteiger partial charge in [0.05, 0.1) is 5.76 Å². The Morgan fingerprint density at radius 3 is 2.25 bits per heavy atom. The minimum Gasteiger partial charge on any atom is -0.512 e. The molecule has 0 bridgehead atoms. The van der Waals surface area contributed by atoms with E-state index in [2.05, 4.69) is 36.2 Å². The van der Waals surface area contributed by atoms with Gasteiger partial charge >= 0.3 is 0 Å². The first kappa shape index (κ1) is 27.1. The van der Waals surface area contributed by atoms with E-state index in [1.54, 1.807) is 18.3 Å². The quantitative estimate of drug-likeness (QED) is 0.0918. The third kappa shape index (κ3) is 5.67. The van der Waals surface area contributed by atoms with Gasteiger partial charge in [-0.25, -0.2) is 8.78 Å². The van der Waals surface area contributed by atoms with Gasteiger partial charge in [-0.15, -0.1) is 23.6 Å².